The summed E-state index contributed by atoms with van der Waals surface area (Å²) in [4.78, 5) is 1.90. The molecule has 72 valence electrons. The highest BCUT2D eigenvalue weighted by Crippen LogP contribution is 2.21. The third kappa shape index (κ3) is 2.70. The van der Waals surface area contributed by atoms with Gasteiger partial charge in [-0.25, -0.2) is 8.78 Å². The molecule has 1 aliphatic heterocycles. The van der Waals surface area contributed by atoms with Crippen LogP contribution in [-0.4, -0.2) is 30.5 Å². The second-order valence-corrected chi connectivity index (χ2v) is 3.88. The molecule has 0 radical (unpaired) electrons. The van der Waals surface area contributed by atoms with Gasteiger partial charge in [0.15, 0.2) is 0 Å². The molecule has 0 bridgehead atoms. The summed E-state index contributed by atoms with van der Waals surface area (Å²) >= 11 is 0. The summed E-state index contributed by atoms with van der Waals surface area (Å²) in [5.41, 5.74) is 0. The average Bonchev–Trinajstić information content (AvgIpc) is 1.96. The Labute approximate surface area is 72.7 Å². The van der Waals surface area contributed by atoms with Gasteiger partial charge in [-0.05, 0) is 25.7 Å². The fraction of sp³-hybridized carbons (Fsp3) is 1.00. The van der Waals surface area contributed by atoms with E-state index < -0.39 is 6.43 Å². The molecular weight excluding hydrogens is 160 g/mol. The van der Waals surface area contributed by atoms with Gasteiger partial charge in [0, 0.05) is 12.6 Å². The van der Waals surface area contributed by atoms with Crippen LogP contribution in [-0.2, 0) is 0 Å². The molecule has 0 aromatic rings. The number of halogens is 2. The number of piperidine rings is 1. The van der Waals surface area contributed by atoms with Gasteiger partial charge in [-0.1, -0.05) is 6.92 Å². The lowest BCUT2D eigenvalue weighted by Crippen LogP contribution is -2.43. The van der Waals surface area contributed by atoms with Crippen molar-refractivity contribution in [3.8, 4) is 0 Å². The van der Waals surface area contributed by atoms with Gasteiger partial charge in [0.1, 0.15) is 0 Å². The Balaban J connectivity index is 2.38. The van der Waals surface area contributed by atoms with E-state index in [1.807, 2.05) is 11.8 Å². The van der Waals surface area contributed by atoms with E-state index in [-0.39, 0.29) is 6.54 Å². The molecule has 2 atom stereocenters. The monoisotopic (exact) mass is 177 g/mol. The molecule has 1 saturated heterocycles. The van der Waals surface area contributed by atoms with Gasteiger partial charge in [-0.15, -0.1) is 0 Å². The van der Waals surface area contributed by atoms with Gasteiger partial charge < -0.3 is 0 Å². The Hall–Kier alpha value is -0.180. The maximum absolute atomic E-state index is 12.1. The van der Waals surface area contributed by atoms with Crippen LogP contribution in [0.5, 0.6) is 0 Å². The zero-order chi connectivity index (χ0) is 9.14. The lowest BCUT2D eigenvalue weighted by molar-refractivity contribution is 0.0408. The molecule has 3 heteroatoms. The highest BCUT2D eigenvalue weighted by atomic mass is 19.3. The molecule has 0 saturated carbocycles. The Morgan fingerprint density at radius 2 is 2.00 bits per heavy atom. The third-order valence-corrected chi connectivity index (χ3v) is 2.62. The first-order chi connectivity index (χ1) is 5.59. The first kappa shape index (κ1) is 9.90. The number of rotatable bonds is 2. The van der Waals surface area contributed by atoms with E-state index in [9.17, 15) is 8.78 Å². The Bertz CT molecular complexity index is 136. The van der Waals surface area contributed by atoms with Crippen LogP contribution < -0.4 is 0 Å². The summed E-state index contributed by atoms with van der Waals surface area (Å²) < 4.78 is 24.2. The summed E-state index contributed by atoms with van der Waals surface area (Å²) in [5.74, 6) is 0.583. The van der Waals surface area contributed by atoms with E-state index in [1.54, 1.807) is 0 Å². The summed E-state index contributed by atoms with van der Waals surface area (Å²) in [6.07, 6.45) is 0.0622. The summed E-state index contributed by atoms with van der Waals surface area (Å²) in [5, 5.41) is 0. The minimum absolute atomic E-state index is 0.0501. The van der Waals surface area contributed by atoms with Crippen molar-refractivity contribution in [1.82, 2.24) is 4.90 Å². The molecule has 1 nitrogen and oxygen atoms in total. The van der Waals surface area contributed by atoms with Crippen molar-refractivity contribution in [1.29, 1.82) is 0 Å². The van der Waals surface area contributed by atoms with Crippen molar-refractivity contribution >= 4 is 0 Å². The smallest absolute Gasteiger partial charge is 0.251 e. The molecule has 0 aromatic carbocycles. The van der Waals surface area contributed by atoms with Crippen LogP contribution >= 0.6 is 0 Å². The standard InChI is InChI=1S/C9H17F2N/c1-7-3-4-8(2)12(5-7)6-9(10)11/h7-9H,3-6H2,1-2H3. The van der Waals surface area contributed by atoms with Crippen molar-refractivity contribution < 1.29 is 8.78 Å². The van der Waals surface area contributed by atoms with E-state index in [0.717, 1.165) is 13.0 Å². The number of nitrogens with zero attached hydrogens (tertiary/aromatic N) is 1. The molecule has 1 fully saturated rings. The zero-order valence-corrected chi connectivity index (χ0v) is 7.76. The number of alkyl halides is 2. The molecule has 1 rings (SSSR count). The molecule has 0 amide bonds. The molecular formula is C9H17F2N. The Morgan fingerprint density at radius 1 is 1.33 bits per heavy atom. The highest BCUT2D eigenvalue weighted by molar-refractivity contribution is 4.76. The van der Waals surface area contributed by atoms with Gasteiger partial charge >= 0.3 is 0 Å². The number of likely N-dealkylation sites (tertiary alicyclic amines) is 1. The molecule has 1 aliphatic rings. The molecule has 0 N–H and O–H groups in total. The fourth-order valence-corrected chi connectivity index (χ4v) is 1.81. The third-order valence-electron chi connectivity index (χ3n) is 2.62. The van der Waals surface area contributed by atoms with E-state index in [4.69, 9.17) is 0 Å². The first-order valence-electron chi connectivity index (χ1n) is 4.61. The fourth-order valence-electron chi connectivity index (χ4n) is 1.81. The molecule has 2 unspecified atom stereocenters. The normalized spacial score (nSPS) is 32.8. The minimum atomic E-state index is -2.18. The zero-order valence-electron chi connectivity index (χ0n) is 7.76. The molecule has 0 spiro atoms. The van der Waals surface area contributed by atoms with Crippen LogP contribution in [0.25, 0.3) is 0 Å². The lowest BCUT2D eigenvalue weighted by atomic mass is 9.95. The Kier molecular flexibility index (Phi) is 3.44. The topological polar surface area (TPSA) is 3.24 Å². The van der Waals surface area contributed by atoms with Crippen molar-refractivity contribution in [3.05, 3.63) is 0 Å². The number of hydrogen-bond acceptors (Lipinski definition) is 1. The molecule has 0 aromatic heterocycles. The van der Waals surface area contributed by atoms with Crippen LogP contribution in [0.4, 0.5) is 8.78 Å². The van der Waals surface area contributed by atoms with Crippen molar-refractivity contribution in [2.75, 3.05) is 13.1 Å². The number of hydrogen-bond donors (Lipinski definition) is 0. The average molecular weight is 177 g/mol. The van der Waals surface area contributed by atoms with Crippen LogP contribution in [0.3, 0.4) is 0 Å². The van der Waals surface area contributed by atoms with Crippen LogP contribution in [0.2, 0.25) is 0 Å². The van der Waals surface area contributed by atoms with Gasteiger partial charge in [0.05, 0.1) is 6.54 Å². The SMILES string of the molecule is CC1CCC(C)N(CC(F)F)C1. The highest BCUT2D eigenvalue weighted by Gasteiger charge is 2.24. The van der Waals surface area contributed by atoms with E-state index in [1.165, 1.54) is 6.42 Å². The summed E-state index contributed by atoms with van der Waals surface area (Å²) in [6, 6.07) is 0.343. The molecule has 12 heavy (non-hydrogen) atoms. The van der Waals surface area contributed by atoms with Gasteiger partial charge in [0.2, 0.25) is 0 Å². The van der Waals surface area contributed by atoms with Crippen molar-refractivity contribution in [2.24, 2.45) is 5.92 Å². The van der Waals surface area contributed by atoms with Crippen LogP contribution in [0.1, 0.15) is 26.7 Å². The van der Waals surface area contributed by atoms with Crippen molar-refractivity contribution in [2.45, 2.75) is 39.2 Å². The lowest BCUT2D eigenvalue weighted by Gasteiger charge is -2.36. The van der Waals surface area contributed by atoms with Gasteiger partial charge in [-0.2, -0.15) is 0 Å². The predicted octanol–water partition coefficient (Wildman–Crippen LogP) is 2.37. The maximum atomic E-state index is 12.1. The van der Waals surface area contributed by atoms with Gasteiger partial charge in [0.25, 0.3) is 6.43 Å². The molecule has 1 heterocycles. The predicted molar refractivity (Wildman–Crippen MR) is 45.4 cm³/mol. The van der Waals surface area contributed by atoms with Gasteiger partial charge in [-0.3, -0.25) is 4.90 Å². The van der Waals surface area contributed by atoms with Crippen LogP contribution in [0.15, 0.2) is 0 Å². The van der Waals surface area contributed by atoms with E-state index >= 15 is 0 Å². The largest absolute Gasteiger partial charge is 0.295 e. The van der Waals surface area contributed by atoms with Crippen molar-refractivity contribution in [3.63, 3.8) is 0 Å². The summed E-state index contributed by atoms with van der Waals surface area (Å²) in [7, 11) is 0. The van der Waals surface area contributed by atoms with Crippen LogP contribution in [0, 0.1) is 5.92 Å². The first-order valence-corrected chi connectivity index (χ1v) is 4.61. The quantitative estimate of drug-likeness (QED) is 0.626. The van der Waals surface area contributed by atoms with E-state index in [2.05, 4.69) is 6.92 Å². The minimum Gasteiger partial charge on any atom is -0.295 e. The van der Waals surface area contributed by atoms with E-state index in [0.29, 0.717) is 12.0 Å². The Morgan fingerprint density at radius 3 is 2.58 bits per heavy atom. The maximum Gasteiger partial charge on any atom is 0.251 e. The summed E-state index contributed by atoms with van der Waals surface area (Å²) in [6.45, 7) is 4.95. The molecule has 0 aliphatic carbocycles. The second kappa shape index (κ2) is 4.17. The second-order valence-electron chi connectivity index (χ2n) is 3.88.